The van der Waals surface area contributed by atoms with Crippen LogP contribution in [0, 0.1) is 13.8 Å². The molecule has 31 heavy (non-hydrogen) atoms. The molecule has 4 heteroatoms. The van der Waals surface area contributed by atoms with Crippen LogP contribution in [0.4, 0.5) is 5.69 Å². The van der Waals surface area contributed by atoms with Crippen LogP contribution in [0.2, 0.25) is 0 Å². The molecule has 1 heterocycles. The monoisotopic (exact) mass is 410 g/mol. The number of imide groups is 1. The van der Waals surface area contributed by atoms with Gasteiger partial charge in [0.2, 0.25) is 0 Å². The molecule has 0 fully saturated rings. The Labute approximate surface area is 183 Å². The van der Waals surface area contributed by atoms with Gasteiger partial charge in [-0.05, 0) is 49.1 Å². The lowest BCUT2D eigenvalue weighted by Crippen LogP contribution is -2.32. The van der Waals surface area contributed by atoms with E-state index < -0.39 is 0 Å². The number of anilines is 1. The number of amides is 2. The maximum Gasteiger partial charge on any atom is 0.278 e. The molecule has 3 aromatic rings. The zero-order valence-corrected chi connectivity index (χ0v) is 18.1. The van der Waals surface area contributed by atoms with Crippen molar-refractivity contribution in [2.45, 2.75) is 33.7 Å². The minimum Gasteiger partial charge on any atom is -0.350 e. The number of hydrogen-bond donors (Lipinski definition) is 1. The quantitative estimate of drug-likeness (QED) is 0.564. The van der Waals surface area contributed by atoms with E-state index in [1.807, 2.05) is 86.6 Å². The first-order valence-electron chi connectivity index (χ1n) is 10.6. The molecule has 1 N–H and O–H groups in total. The Morgan fingerprint density at radius 2 is 1.26 bits per heavy atom. The topological polar surface area (TPSA) is 49.4 Å². The third-order valence-corrected chi connectivity index (χ3v) is 5.60. The van der Waals surface area contributed by atoms with Crippen LogP contribution in [0.1, 0.15) is 34.7 Å². The van der Waals surface area contributed by atoms with Crippen LogP contribution in [-0.2, 0) is 22.6 Å². The molecule has 4 rings (SSSR count). The third-order valence-electron chi connectivity index (χ3n) is 5.60. The van der Waals surface area contributed by atoms with Crippen LogP contribution in [0.15, 0.2) is 78.5 Å². The highest BCUT2D eigenvalue weighted by Crippen LogP contribution is 2.31. The number of benzene rings is 3. The summed E-state index contributed by atoms with van der Waals surface area (Å²) < 4.78 is 0. The fourth-order valence-electron chi connectivity index (χ4n) is 3.67. The van der Waals surface area contributed by atoms with Crippen molar-refractivity contribution in [3.63, 3.8) is 0 Å². The molecule has 0 aromatic heterocycles. The Morgan fingerprint density at radius 3 is 1.84 bits per heavy atom. The van der Waals surface area contributed by atoms with Gasteiger partial charge < -0.3 is 5.32 Å². The van der Waals surface area contributed by atoms with Crippen LogP contribution in [-0.4, -0.2) is 16.7 Å². The van der Waals surface area contributed by atoms with Crippen molar-refractivity contribution >= 4 is 23.1 Å². The van der Waals surface area contributed by atoms with Gasteiger partial charge >= 0.3 is 0 Å². The molecule has 0 unspecified atom stereocenters. The van der Waals surface area contributed by atoms with E-state index in [1.165, 1.54) is 10.5 Å². The fraction of sp³-hybridized carbons (Fsp3) is 0.185. The lowest BCUT2D eigenvalue weighted by atomic mass is 10.0. The second-order valence-electron chi connectivity index (χ2n) is 7.97. The first-order chi connectivity index (χ1) is 15.0. The summed E-state index contributed by atoms with van der Waals surface area (Å²) >= 11 is 0. The van der Waals surface area contributed by atoms with E-state index in [2.05, 4.69) is 12.2 Å². The highest BCUT2D eigenvalue weighted by Gasteiger charge is 2.39. The highest BCUT2D eigenvalue weighted by atomic mass is 16.2. The van der Waals surface area contributed by atoms with Gasteiger partial charge in [0.15, 0.2) is 0 Å². The Kier molecular flexibility index (Phi) is 5.72. The van der Waals surface area contributed by atoms with Gasteiger partial charge in [-0.3, -0.25) is 14.5 Å². The summed E-state index contributed by atoms with van der Waals surface area (Å²) in [6.07, 6.45) is 0.944. The van der Waals surface area contributed by atoms with Crippen molar-refractivity contribution in [2.75, 3.05) is 5.32 Å². The number of carbonyl (C=O) groups is 2. The molecule has 2 amide bonds. The molecule has 3 aromatic carbocycles. The molecule has 1 aliphatic heterocycles. The molecule has 0 atom stereocenters. The summed E-state index contributed by atoms with van der Waals surface area (Å²) in [6, 6.07) is 23.5. The van der Waals surface area contributed by atoms with Crippen LogP contribution < -0.4 is 5.32 Å². The van der Waals surface area contributed by atoms with Crippen molar-refractivity contribution in [3.8, 4) is 0 Å². The molecule has 0 saturated heterocycles. The average Bonchev–Trinajstić information content (AvgIpc) is 3.00. The number of nitrogens with one attached hydrogen (secondary N) is 1. The number of aryl methyl sites for hydroxylation is 3. The standard InChI is InChI=1S/C27H26N2O2/c1-4-20-11-15-23(16-12-20)28-25-24(22-13-7-19(3)8-14-22)26(30)29(27(25)31)17-21-9-5-18(2)6-10-21/h5-16,28H,4,17H2,1-3H3. The van der Waals surface area contributed by atoms with Crippen LogP contribution >= 0.6 is 0 Å². The van der Waals surface area contributed by atoms with E-state index in [1.54, 1.807) is 0 Å². The second-order valence-corrected chi connectivity index (χ2v) is 7.97. The molecule has 0 aliphatic carbocycles. The predicted molar refractivity (Wildman–Crippen MR) is 124 cm³/mol. The van der Waals surface area contributed by atoms with E-state index in [9.17, 15) is 9.59 Å². The predicted octanol–water partition coefficient (Wildman–Crippen LogP) is 5.26. The van der Waals surface area contributed by atoms with Crippen molar-refractivity contribution in [1.29, 1.82) is 0 Å². The lowest BCUT2D eigenvalue weighted by molar-refractivity contribution is -0.137. The Hall–Kier alpha value is -3.66. The van der Waals surface area contributed by atoms with E-state index in [-0.39, 0.29) is 18.4 Å². The smallest absolute Gasteiger partial charge is 0.278 e. The van der Waals surface area contributed by atoms with E-state index in [0.29, 0.717) is 11.3 Å². The van der Waals surface area contributed by atoms with Gasteiger partial charge in [0.25, 0.3) is 11.8 Å². The molecule has 0 saturated carbocycles. The average molecular weight is 411 g/mol. The number of hydrogen-bond acceptors (Lipinski definition) is 3. The third kappa shape index (κ3) is 4.29. The van der Waals surface area contributed by atoms with E-state index >= 15 is 0 Å². The SMILES string of the molecule is CCc1ccc(NC2=C(c3ccc(C)cc3)C(=O)N(Cc3ccc(C)cc3)C2=O)cc1. The summed E-state index contributed by atoms with van der Waals surface area (Å²) in [5, 5.41) is 3.23. The molecule has 0 bridgehead atoms. The molecule has 0 spiro atoms. The summed E-state index contributed by atoms with van der Waals surface area (Å²) in [4.78, 5) is 28.1. The number of rotatable bonds is 6. The molecular formula is C27H26N2O2. The molecule has 4 nitrogen and oxygen atoms in total. The Bertz CT molecular complexity index is 1140. The van der Waals surface area contributed by atoms with Gasteiger partial charge in [-0.25, -0.2) is 0 Å². The van der Waals surface area contributed by atoms with Crippen molar-refractivity contribution < 1.29 is 9.59 Å². The highest BCUT2D eigenvalue weighted by molar-refractivity contribution is 6.36. The normalized spacial score (nSPS) is 13.8. The van der Waals surface area contributed by atoms with Crippen LogP contribution in [0.25, 0.3) is 5.57 Å². The summed E-state index contributed by atoms with van der Waals surface area (Å²) in [5.41, 5.74) is 6.64. The summed E-state index contributed by atoms with van der Waals surface area (Å²) in [6.45, 7) is 6.35. The van der Waals surface area contributed by atoms with Crippen molar-refractivity contribution in [2.24, 2.45) is 0 Å². The molecule has 156 valence electrons. The molecular weight excluding hydrogens is 384 g/mol. The first-order valence-corrected chi connectivity index (χ1v) is 10.6. The minimum absolute atomic E-state index is 0.243. The van der Waals surface area contributed by atoms with Gasteiger partial charge in [0.1, 0.15) is 5.70 Å². The molecule has 0 radical (unpaired) electrons. The Morgan fingerprint density at radius 1 is 0.710 bits per heavy atom. The van der Waals surface area contributed by atoms with Gasteiger partial charge in [-0.1, -0.05) is 78.7 Å². The second kappa shape index (κ2) is 8.60. The zero-order valence-electron chi connectivity index (χ0n) is 18.1. The van der Waals surface area contributed by atoms with Crippen LogP contribution in [0.3, 0.4) is 0 Å². The first kappa shape index (κ1) is 20.6. The lowest BCUT2D eigenvalue weighted by Gasteiger charge is -2.15. The van der Waals surface area contributed by atoms with Crippen LogP contribution in [0.5, 0.6) is 0 Å². The van der Waals surface area contributed by atoms with Gasteiger partial charge in [-0.15, -0.1) is 0 Å². The van der Waals surface area contributed by atoms with E-state index in [0.717, 1.165) is 34.4 Å². The largest absolute Gasteiger partial charge is 0.350 e. The van der Waals surface area contributed by atoms with Crippen molar-refractivity contribution in [1.82, 2.24) is 4.90 Å². The van der Waals surface area contributed by atoms with Crippen molar-refractivity contribution in [3.05, 3.63) is 106 Å². The van der Waals surface area contributed by atoms with E-state index in [4.69, 9.17) is 0 Å². The zero-order chi connectivity index (χ0) is 22.0. The van der Waals surface area contributed by atoms with Gasteiger partial charge in [0.05, 0.1) is 12.1 Å². The maximum absolute atomic E-state index is 13.4. The van der Waals surface area contributed by atoms with Gasteiger partial charge in [-0.2, -0.15) is 0 Å². The fourth-order valence-corrected chi connectivity index (χ4v) is 3.67. The summed E-state index contributed by atoms with van der Waals surface area (Å²) in [5.74, 6) is -0.581. The van der Waals surface area contributed by atoms with Gasteiger partial charge in [0, 0.05) is 5.69 Å². The number of nitrogens with zero attached hydrogens (tertiary/aromatic N) is 1. The Balaban J connectivity index is 1.71. The number of carbonyl (C=O) groups excluding carboxylic acids is 2. The maximum atomic E-state index is 13.4. The molecule has 1 aliphatic rings. The minimum atomic E-state index is -0.305. The summed E-state index contributed by atoms with van der Waals surface area (Å²) in [7, 11) is 0.